The van der Waals surface area contributed by atoms with Gasteiger partial charge in [-0.25, -0.2) is 0 Å². The van der Waals surface area contributed by atoms with Gasteiger partial charge >= 0.3 is 5.97 Å². The molecule has 0 aromatic carbocycles. The molecule has 2 saturated heterocycles. The van der Waals surface area contributed by atoms with Crippen molar-refractivity contribution in [3.05, 3.63) is 0 Å². The lowest BCUT2D eigenvalue weighted by Crippen LogP contribution is -2.56. The molecule has 2 aliphatic rings. The average Bonchev–Trinajstić information content (AvgIpc) is 2.70. The van der Waals surface area contributed by atoms with Gasteiger partial charge in [-0.2, -0.15) is 0 Å². The lowest BCUT2D eigenvalue weighted by atomic mass is 9.88. The Morgan fingerprint density at radius 3 is 2.72 bits per heavy atom. The number of hydrogen-bond donors (Lipinski definition) is 2. The topological polar surface area (TPSA) is 55.8 Å². The molecule has 104 valence electrons. The van der Waals surface area contributed by atoms with Crippen LogP contribution in [-0.4, -0.2) is 72.7 Å². The first kappa shape index (κ1) is 13.8. The summed E-state index contributed by atoms with van der Waals surface area (Å²) in [6.07, 6.45) is 3.56. The third kappa shape index (κ3) is 2.84. The van der Waals surface area contributed by atoms with Gasteiger partial charge in [-0.15, -0.1) is 0 Å². The Labute approximate surface area is 109 Å². The predicted octanol–water partition coefficient (Wildman–Crippen LogP) is 0.221. The number of nitrogens with zero attached hydrogens (tertiary/aromatic N) is 2. The quantitative estimate of drug-likeness (QED) is 0.739. The summed E-state index contributed by atoms with van der Waals surface area (Å²) in [5.74, 6) is -0.625. The second-order valence-corrected chi connectivity index (χ2v) is 5.58. The average molecular weight is 255 g/mol. The highest BCUT2D eigenvalue weighted by molar-refractivity contribution is 5.79. The minimum absolute atomic E-state index is 0.625. The first-order valence-electron chi connectivity index (χ1n) is 7.03. The molecule has 0 bridgehead atoms. The highest BCUT2D eigenvalue weighted by atomic mass is 16.4. The van der Waals surface area contributed by atoms with Gasteiger partial charge in [0.2, 0.25) is 0 Å². The zero-order valence-electron chi connectivity index (χ0n) is 11.3. The molecule has 0 aliphatic carbocycles. The Balaban J connectivity index is 2.16. The first-order chi connectivity index (χ1) is 8.65. The number of carboxylic acid groups (broad SMARTS) is 1. The Kier molecular flexibility index (Phi) is 4.59. The van der Waals surface area contributed by atoms with Gasteiger partial charge in [0, 0.05) is 26.2 Å². The van der Waals surface area contributed by atoms with Crippen molar-refractivity contribution in [3.8, 4) is 0 Å². The van der Waals surface area contributed by atoms with Gasteiger partial charge < -0.3 is 15.3 Å². The van der Waals surface area contributed by atoms with Gasteiger partial charge in [0.25, 0.3) is 0 Å². The van der Waals surface area contributed by atoms with Crippen LogP contribution in [0, 0.1) is 0 Å². The molecule has 5 heteroatoms. The van der Waals surface area contributed by atoms with Crippen LogP contribution in [0.2, 0.25) is 0 Å². The smallest absolute Gasteiger partial charge is 0.324 e. The lowest BCUT2D eigenvalue weighted by Gasteiger charge is -2.39. The van der Waals surface area contributed by atoms with Crippen LogP contribution in [0.1, 0.15) is 25.7 Å². The second kappa shape index (κ2) is 5.99. The van der Waals surface area contributed by atoms with Crippen molar-refractivity contribution in [2.75, 3.05) is 46.3 Å². The minimum Gasteiger partial charge on any atom is -0.480 e. The fraction of sp³-hybridized carbons (Fsp3) is 0.923. The maximum absolute atomic E-state index is 11.9. The van der Waals surface area contributed by atoms with Crippen molar-refractivity contribution in [1.82, 2.24) is 15.1 Å². The van der Waals surface area contributed by atoms with Crippen LogP contribution >= 0.6 is 0 Å². The van der Waals surface area contributed by atoms with Gasteiger partial charge in [0.1, 0.15) is 5.54 Å². The second-order valence-electron chi connectivity index (χ2n) is 5.58. The van der Waals surface area contributed by atoms with Crippen molar-refractivity contribution < 1.29 is 9.90 Å². The number of carbonyl (C=O) groups is 1. The van der Waals surface area contributed by atoms with E-state index in [0.29, 0.717) is 0 Å². The lowest BCUT2D eigenvalue weighted by molar-refractivity contribution is -0.152. The molecule has 0 spiro atoms. The van der Waals surface area contributed by atoms with Crippen molar-refractivity contribution in [3.63, 3.8) is 0 Å². The maximum Gasteiger partial charge on any atom is 0.324 e. The van der Waals surface area contributed by atoms with Crippen LogP contribution in [0.3, 0.4) is 0 Å². The first-order valence-corrected chi connectivity index (χ1v) is 7.03. The third-order valence-corrected chi connectivity index (χ3v) is 4.38. The molecule has 2 N–H and O–H groups in total. The summed E-state index contributed by atoms with van der Waals surface area (Å²) in [5, 5.41) is 13.1. The molecule has 18 heavy (non-hydrogen) atoms. The zero-order valence-corrected chi connectivity index (χ0v) is 11.3. The third-order valence-electron chi connectivity index (χ3n) is 4.38. The highest BCUT2D eigenvalue weighted by Crippen LogP contribution is 2.29. The Morgan fingerprint density at radius 2 is 1.94 bits per heavy atom. The standard InChI is InChI=1S/C13H25N3O2/c1-15-8-2-4-13(5-10-15,12(17)18)16-9-3-6-14-7-11-16/h14H,2-11H2,1H3,(H,17,18). The van der Waals surface area contributed by atoms with Gasteiger partial charge in [-0.05, 0) is 45.8 Å². The van der Waals surface area contributed by atoms with E-state index >= 15 is 0 Å². The largest absolute Gasteiger partial charge is 0.480 e. The molecule has 2 rings (SSSR count). The molecule has 5 nitrogen and oxygen atoms in total. The normalized spacial score (nSPS) is 32.7. The summed E-state index contributed by atoms with van der Waals surface area (Å²) >= 11 is 0. The van der Waals surface area contributed by atoms with Crippen molar-refractivity contribution in [2.24, 2.45) is 0 Å². The molecule has 2 fully saturated rings. The molecule has 2 heterocycles. The fourth-order valence-electron chi connectivity index (χ4n) is 3.19. The van der Waals surface area contributed by atoms with E-state index in [1.165, 1.54) is 0 Å². The molecule has 1 atom stereocenters. The molecule has 1 unspecified atom stereocenters. The summed E-state index contributed by atoms with van der Waals surface area (Å²) in [5.41, 5.74) is -0.628. The molecule has 0 aromatic rings. The predicted molar refractivity (Wildman–Crippen MR) is 70.8 cm³/mol. The molecular formula is C13H25N3O2. The van der Waals surface area contributed by atoms with Gasteiger partial charge in [0.05, 0.1) is 0 Å². The van der Waals surface area contributed by atoms with Crippen molar-refractivity contribution in [1.29, 1.82) is 0 Å². The molecule has 0 aromatic heterocycles. The van der Waals surface area contributed by atoms with Crippen LogP contribution in [0.25, 0.3) is 0 Å². The number of likely N-dealkylation sites (tertiary alicyclic amines) is 1. The number of nitrogens with one attached hydrogen (secondary N) is 1. The van der Waals surface area contributed by atoms with E-state index in [9.17, 15) is 9.90 Å². The van der Waals surface area contributed by atoms with Crippen LogP contribution in [-0.2, 0) is 4.79 Å². The summed E-state index contributed by atoms with van der Waals surface area (Å²) in [7, 11) is 2.09. The molecular weight excluding hydrogens is 230 g/mol. The van der Waals surface area contributed by atoms with Gasteiger partial charge in [-0.1, -0.05) is 0 Å². The van der Waals surface area contributed by atoms with E-state index in [1.807, 2.05) is 0 Å². The van der Waals surface area contributed by atoms with E-state index in [2.05, 4.69) is 22.2 Å². The number of carboxylic acids is 1. The highest BCUT2D eigenvalue weighted by Gasteiger charge is 2.44. The summed E-state index contributed by atoms with van der Waals surface area (Å²) in [6.45, 7) is 5.58. The Hall–Kier alpha value is -0.650. The zero-order chi connectivity index (χ0) is 13.0. The Bertz CT molecular complexity index is 290. The maximum atomic E-state index is 11.9. The number of rotatable bonds is 2. The van der Waals surface area contributed by atoms with E-state index in [4.69, 9.17) is 0 Å². The summed E-state index contributed by atoms with van der Waals surface area (Å²) < 4.78 is 0. The number of aliphatic carboxylic acids is 1. The van der Waals surface area contributed by atoms with Crippen molar-refractivity contribution >= 4 is 5.97 Å². The van der Waals surface area contributed by atoms with Crippen molar-refractivity contribution in [2.45, 2.75) is 31.2 Å². The van der Waals surface area contributed by atoms with E-state index < -0.39 is 11.5 Å². The van der Waals surface area contributed by atoms with Crippen LogP contribution < -0.4 is 5.32 Å². The minimum atomic E-state index is -0.628. The molecule has 0 amide bonds. The number of hydrogen-bond acceptors (Lipinski definition) is 4. The SMILES string of the molecule is CN1CCCC(C(=O)O)(N2CCCNCC2)CC1. The summed E-state index contributed by atoms with van der Waals surface area (Å²) in [6, 6.07) is 0. The summed E-state index contributed by atoms with van der Waals surface area (Å²) in [4.78, 5) is 16.3. The molecule has 0 saturated carbocycles. The van der Waals surface area contributed by atoms with Crippen LogP contribution in [0.5, 0.6) is 0 Å². The van der Waals surface area contributed by atoms with Gasteiger partial charge in [0.15, 0.2) is 0 Å². The van der Waals surface area contributed by atoms with Crippen LogP contribution in [0.15, 0.2) is 0 Å². The fourth-order valence-corrected chi connectivity index (χ4v) is 3.19. The van der Waals surface area contributed by atoms with E-state index in [0.717, 1.165) is 65.0 Å². The molecule has 2 aliphatic heterocycles. The van der Waals surface area contributed by atoms with Crippen LogP contribution in [0.4, 0.5) is 0 Å². The Morgan fingerprint density at radius 1 is 1.11 bits per heavy atom. The monoisotopic (exact) mass is 255 g/mol. The molecule has 0 radical (unpaired) electrons. The van der Waals surface area contributed by atoms with Gasteiger partial charge in [-0.3, -0.25) is 9.69 Å². The van der Waals surface area contributed by atoms with E-state index in [1.54, 1.807) is 0 Å². The van der Waals surface area contributed by atoms with E-state index in [-0.39, 0.29) is 0 Å².